The summed E-state index contributed by atoms with van der Waals surface area (Å²) in [5.74, 6) is 0.393. The van der Waals surface area contributed by atoms with Crippen LogP contribution in [-0.2, 0) is 22.9 Å². The van der Waals surface area contributed by atoms with Gasteiger partial charge in [0.2, 0.25) is 10.0 Å². The van der Waals surface area contributed by atoms with Crippen LogP contribution in [-0.4, -0.2) is 37.4 Å². The van der Waals surface area contributed by atoms with Gasteiger partial charge < -0.3 is 10.2 Å². The van der Waals surface area contributed by atoms with E-state index >= 15 is 0 Å². The quantitative estimate of drug-likeness (QED) is 0.538. The van der Waals surface area contributed by atoms with Gasteiger partial charge in [-0.05, 0) is 43.7 Å². The molecule has 8 nitrogen and oxygen atoms in total. The van der Waals surface area contributed by atoms with Gasteiger partial charge in [-0.2, -0.15) is 0 Å². The fourth-order valence-electron chi connectivity index (χ4n) is 3.69. The largest absolute Gasteiger partial charge is 0.360 e. The first-order valence-corrected chi connectivity index (χ1v) is 12.2. The van der Waals surface area contributed by atoms with E-state index in [9.17, 15) is 8.42 Å². The van der Waals surface area contributed by atoms with Gasteiger partial charge in [0.15, 0.2) is 0 Å². The molecule has 0 fully saturated rings. The zero-order valence-corrected chi connectivity index (χ0v) is 19.7. The van der Waals surface area contributed by atoms with Crippen molar-refractivity contribution in [2.24, 2.45) is 4.99 Å². The van der Waals surface area contributed by atoms with Crippen LogP contribution in [0.15, 0.2) is 47.5 Å². The molecule has 1 aliphatic rings. The van der Waals surface area contributed by atoms with Gasteiger partial charge in [-0.3, -0.25) is 14.3 Å². The van der Waals surface area contributed by atoms with Gasteiger partial charge in [0.05, 0.1) is 41.1 Å². The number of nitrogens with zero attached hydrogens (tertiary/aromatic N) is 5. The number of aromatic nitrogens is 2. The van der Waals surface area contributed by atoms with Crippen molar-refractivity contribution in [1.29, 1.82) is 0 Å². The van der Waals surface area contributed by atoms with Gasteiger partial charge in [0, 0.05) is 19.2 Å². The molecular weight excluding hydrogens is 436 g/mol. The number of rotatable bonds is 6. The fraction of sp³-hybridized carbons (Fsp3) is 0.250. The standard InChI is InChI=1S/C24H24N6O2S/c1-15-10-11-17(28-24(15)25-3)13-18-14-21(23-20(27-18)12-16(2)26-23)29-19-8-6-7-9-22(19)30(4)33(5,31)32/h6-11,14H,12-13H2,1-2,4-5H3,(H,27,29). The van der Waals surface area contributed by atoms with Gasteiger partial charge in [-0.25, -0.2) is 8.42 Å². The number of aryl methyl sites for hydroxylation is 1. The van der Waals surface area contributed by atoms with Crippen molar-refractivity contribution in [1.82, 2.24) is 9.97 Å². The Labute approximate surface area is 193 Å². The number of aliphatic imine (C=N–C) groups is 1. The second kappa shape index (κ2) is 8.64. The van der Waals surface area contributed by atoms with Crippen molar-refractivity contribution >= 4 is 44.3 Å². The minimum atomic E-state index is -3.43. The van der Waals surface area contributed by atoms with E-state index in [1.54, 1.807) is 12.1 Å². The van der Waals surface area contributed by atoms with Crippen LogP contribution < -0.4 is 9.62 Å². The van der Waals surface area contributed by atoms with Crippen molar-refractivity contribution in [3.8, 4) is 0 Å². The molecule has 33 heavy (non-hydrogen) atoms. The van der Waals surface area contributed by atoms with Crippen molar-refractivity contribution in [3.63, 3.8) is 0 Å². The topological polar surface area (TPSA) is 91.9 Å². The Hall–Kier alpha value is -3.77. The number of benzene rings is 1. The number of anilines is 3. The second-order valence-electron chi connectivity index (χ2n) is 8.08. The summed E-state index contributed by atoms with van der Waals surface area (Å²) in [6, 6.07) is 12.9. The summed E-state index contributed by atoms with van der Waals surface area (Å²) < 4.78 is 25.5. The molecule has 0 radical (unpaired) electrons. The zero-order chi connectivity index (χ0) is 23.8. The third-order valence-electron chi connectivity index (χ3n) is 5.45. The zero-order valence-electron chi connectivity index (χ0n) is 18.9. The van der Waals surface area contributed by atoms with Gasteiger partial charge in [-0.1, -0.05) is 24.8 Å². The highest BCUT2D eigenvalue weighted by Crippen LogP contribution is 2.38. The predicted octanol–water partition coefficient (Wildman–Crippen LogP) is 4.71. The van der Waals surface area contributed by atoms with E-state index in [-0.39, 0.29) is 0 Å². The Bertz CT molecular complexity index is 1420. The van der Waals surface area contributed by atoms with E-state index in [1.807, 2.05) is 44.2 Å². The minimum Gasteiger partial charge on any atom is -0.360 e. The van der Waals surface area contributed by atoms with Crippen LogP contribution in [0.4, 0.5) is 28.6 Å². The molecule has 168 valence electrons. The van der Waals surface area contributed by atoms with Crippen LogP contribution in [0.25, 0.3) is 4.85 Å². The van der Waals surface area contributed by atoms with Crippen LogP contribution in [0.3, 0.4) is 0 Å². The molecule has 0 amide bonds. The third-order valence-corrected chi connectivity index (χ3v) is 6.64. The van der Waals surface area contributed by atoms with Crippen molar-refractivity contribution in [2.45, 2.75) is 26.7 Å². The van der Waals surface area contributed by atoms with Crippen LogP contribution in [0.2, 0.25) is 0 Å². The first kappa shape index (κ1) is 22.4. The van der Waals surface area contributed by atoms with Crippen molar-refractivity contribution < 1.29 is 8.42 Å². The second-order valence-corrected chi connectivity index (χ2v) is 10.1. The highest BCUT2D eigenvalue weighted by Gasteiger charge is 2.22. The maximum absolute atomic E-state index is 12.1. The molecule has 3 aromatic rings. The summed E-state index contributed by atoms with van der Waals surface area (Å²) in [6.07, 6.45) is 2.29. The van der Waals surface area contributed by atoms with Crippen LogP contribution in [0.5, 0.6) is 0 Å². The molecule has 3 heterocycles. The van der Waals surface area contributed by atoms with E-state index in [4.69, 9.17) is 11.6 Å². The number of para-hydroxylation sites is 2. The molecule has 0 saturated heterocycles. The molecule has 0 saturated carbocycles. The molecule has 9 heteroatoms. The lowest BCUT2D eigenvalue weighted by atomic mass is 10.1. The molecule has 1 N–H and O–H groups in total. The van der Waals surface area contributed by atoms with Crippen LogP contribution in [0.1, 0.15) is 29.6 Å². The molecule has 0 unspecified atom stereocenters. The molecule has 0 spiro atoms. The lowest BCUT2D eigenvalue weighted by Gasteiger charge is -2.21. The maximum Gasteiger partial charge on any atom is 0.272 e. The molecule has 1 aromatic carbocycles. The lowest BCUT2D eigenvalue weighted by molar-refractivity contribution is 0.600. The summed E-state index contributed by atoms with van der Waals surface area (Å²) in [4.78, 5) is 17.4. The van der Waals surface area contributed by atoms with E-state index in [1.165, 1.54) is 17.6 Å². The molecule has 1 aliphatic heterocycles. The number of hydrogen-bond acceptors (Lipinski definition) is 6. The normalized spacial score (nSPS) is 12.6. The van der Waals surface area contributed by atoms with Gasteiger partial charge in [0.25, 0.3) is 5.82 Å². The average Bonchev–Trinajstić information content (AvgIpc) is 3.14. The Kier molecular flexibility index (Phi) is 5.87. The highest BCUT2D eigenvalue weighted by molar-refractivity contribution is 7.92. The van der Waals surface area contributed by atoms with Crippen molar-refractivity contribution in [2.75, 3.05) is 22.9 Å². The Morgan fingerprint density at radius 1 is 1.09 bits per heavy atom. The Morgan fingerprint density at radius 2 is 1.85 bits per heavy atom. The summed E-state index contributed by atoms with van der Waals surface area (Å²) in [5, 5.41) is 3.38. The molecule has 2 aromatic heterocycles. The summed E-state index contributed by atoms with van der Waals surface area (Å²) >= 11 is 0. The number of sulfonamides is 1. The fourth-order valence-corrected chi connectivity index (χ4v) is 4.20. The predicted molar refractivity (Wildman–Crippen MR) is 132 cm³/mol. The maximum atomic E-state index is 12.1. The molecular formula is C24H24N6O2S. The molecule has 4 rings (SSSR count). The van der Waals surface area contributed by atoms with Gasteiger partial charge in [0.1, 0.15) is 11.4 Å². The van der Waals surface area contributed by atoms with Crippen molar-refractivity contribution in [3.05, 3.63) is 76.5 Å². The average molecular weight is 461 g/mol. The molecule has 0 atom stereocenters. The third kappa shape index (κ3) is 4.71. The monoisotopic (exact) mass is 460 g/mol. The number of nitrogens with one attached hydrogen (secondary N) is 1. The van der Waals surface area contributed by atoms with Crippen LogP contribution >= 0.6 is 0 Å². The summed E-state index contributed by atoms with van der Waals surface area (Å²) in [5.41, 5.74) is 6.90. The summed E-state index contributed by atoms with van der Waals surface area (Å²) in [7, 11) is -1.90. The first-order chi connectivity index (χ1) is 15.7. The lowest BCUT2D eigenvalue weighted by Crippen LogP contribution is -2.25. The van der Waals surface area contributed by atoms with E-state index in [0.717, 1.165) is 39.7 Å². The number of pyridine rings is 2. The minimum absolute atomic E-state index is 0.393. The highest BCUT2D eigenvalue weighted by atomic mass is 32.2. The van der Waals surface area contributed by atoms with E-state index in [0.29, 0.717) is 30.0 Å². The van der Waals surface area contributed by atoms with Crippen LogP contribution in [0, 0.1) is 13.5 Å². The SMILES string of the molecule is [C-]#[N+]c1nc(Cc2cc(Nc3ccccc3N(C)S(C)(=O)=O)c3c(n2)CC(C)=N3)ccc1C. The number of fused-ring (bicyclic) bond motifs is 1. The molecule has 0 aliphatic carbocycles. The summed E-state index contributed by atoms with van der Waals surface area (Å²) in [6.45, 7) is 11.1. The molecule has 0 bridgehead atoms. The number of hydrogen-bond donors (Lipinski definition) is 1. The Morgan fingerprint density at radius 3 is 2.58 bits per heavy atom. The van der Waals surface area contributed by atoms with Gasteiger partial charge >= 0.3 is 0 Å². The van der Waals surface area contributed by atoms with Gasteiger partial charge in [-0.15, -0.1) is 4.98 Å². The smallest absolute Gasteiger partial charge is 0.272 e. The first-order valence-electron chi connectivity index (χ1n) is 10.4. The van der Waals surface area contributed by atoms with E-state index < -0.39 is 10.0 Å². The van der Waals surface area contributed by atoms with E-state index in [2.05, 4.69) is 20.1 Å². The Balaban J connectivity index is 1.74.